The molecule has 1 saturated heterocycles. The van der Waals surface area contributed by atoms with Crippen LogP contribution in [0.5, 0.6) is 5.75 Å². The fraction of sp³-hybridized carbons (Fsp3) is 0.429. The van der Waals surface area contributed by atoms with E-state index in [1.807, 2.05) is 46.0 Å². The first kappa shape index (κ1) is 21.8. The van der Waals surface area contributed by atoms with Crippen LogP contribution in [0.25, 0.3) is 0 Å². The van der Waals surface area contributed by atoms with Gasteiger partial charge in [0.05, 0.1) is 18.7 Å². The lowest BCUT2D eigenvalue weighted by Gasteiger charge is -2.24. The maximum Gasteiger partial charge on any atom is 0.254 e. The molecule has 1 aromatic heterocycles. The van der Waals surface area contributed by atoms with Crippen LogP contribution in [0.2, 0.25) is 0 Å². The first-order valence-electron chi connectivity index (χ1n) is 9.69. The number of benzene rings is 1. The Morgan fingerprint density at radius 3 is 2.66 bits per heavy atom. The Bertz CT molecular complexity index is 798. The molecule has 0 atom stereocenters. The van der Waals surface area contributed by atoms with Crippen LogP contribution in [0.1, 0.15) is 16.8 Å². The number of thiophene rings is 1. The van der Waals surface area contributed by atoms with E-state index >= 15 is 0 Å². The zero-order chi connectivity index (χ0) is 20.6. The van der Waals surface area contributed by atoms with Crippen LogP contribution < -0.4 is 4.74 Å². The monoisotopic (exact) mass is 479 g/mol. The summed E-state index contributed by atoms with van der Waals surface area (Å²) in [5.74, 6) is 0.945. The fourth-order valence-electron chi connectivity index (χ4n) is 3.17. The summed E-state index contributed by atoms with van der Waals surface area (Å²) in [4.78, 5) is 30.8. The molecule has 0 N–H and O–H groups in total. The van der Waals surface area contributed by atoms with E-state index in [2.05, 4.69) is 20.8 Å². The van der Waals surface area contributed by atoms with Gasteiger partial charge < -0.3 is 14.5 Å². The summed E-state index contributed by atoms with van der Waals surface area (Å²) in [5.41, 5.74) is 0.755. The predicted molar refractivity (Wildman–Crippen MR) is 119 cm³/mol. The highest BCUT2D eigenvalue weighted by atomic mass is 79.9. The van der Waals surface area contributed by atoms with E-state index in [1.54, 1.807) is 11.9 Å². The largest absolute Gasteiger partial charge is 0.492 e. The number of carbonyl (C=O) groups excluding carboxylic acids is 2. The summed E-state index contributed by atoms with van der Waals surface area (Å²) in [6.07, 6.45) is 0.875. The first-order chi connectivity index (χ1) is 14.0. The molecule has 0 spiro atoms. The highest BCUT2D eigenvalue weighted by Crippen LogP contribution is 2.16. The van der Waals surface area contributed by atoms with E-state index < -0.39 is 0 Å². The van der Waals surface area contributed by atoms with Gasteiger partial charge in [0.15, 0.2) is 0 Å². The van der Waals surface area contributed by atoms with Crippen molar-refractivity contribution < 1.29 is 14.3 Å². The molecule has 0 aliphatic carbocycles. The van der Waals surface area contributed by atoms with Gasteiger partial charge in [-0.05, 0) is 42.1 Å². The standard InChI is InChI=1S/C21H26BrN3O3S/c1-23(12-13-28-19-5-3-18(22)4-6-19)20(26)15-24-8-2-9-25(11-10-24)21(27)17-7-14-29-16-17/h3-7,14,16H,2,8-13,15H2,1H3. The van der Waals surface area contributed by atoms with Gasteiger partial charge in [-0.1, -0.05) is 15.9 Å². The lowest BCUT2D eigenvalue weighted by Crippen LogP contribution is -2.41. The Balaban J connectivity index is 1.40. The molecule has 0 radical (unpaired) electrons. The van der Waals surface area contributed by atoms with Gasteiger partial charge in [-0.2, -0.15) is 11.3 Å². The van der Waals surface area contributed by atoms with Crippen LogP contribution in [-0.2, 0) is 4.79 Å². The van der Waals surface area contributed by atoms with Crippen LogP contribution in [0.3, 0.4) is 0 Å². The van der Waals surface area contributed by atoms with E-state index in [-0.39, 0.29) is 11.8 Å². The van der Waals surface area contributed by atoms with Gasteiger partial charge in [-0.25, -0.2) is 0 Å². The van der Waals surface area contributed by atoms with Crippen molar-refractivity contribution in [3.05, 3.63) is 51.1 Å². The SMILES string of the molecule is CN(CCOc1ccc(Br)cc1)C(=O)CN1CCCN(C(=O)c2ccsc2)CC1. The Hall–Kier alpha value is -1.90. The van der Waals surface area contributed by atoms with Crippen molar-refractivity contribution >= 4 is 39.1 Å². The molecule has 3 rings (SSSR count). The van der Waals surface area contributed by atoms with E-state index in [0.717, 1.165) is 35.3 Å². The number of halogens is 1. The lowest BCUT2D eigenvalue weighted by atomic mass is 10.3. The van der Waals surface area contributed by atoms with Crippen molar-refractivity contribution in [2.45, 2.75) is 6.42 Å². The van der Waals surface area contributed by atoms with Crippen LogP contribution >= 0.6 is 27.3 Å². The molecule has 1 fully saturated rings. The van der Waals surface area contributed by atoms with Gasteiger partial charge in [-0.15, -0.1) is 0 Å². The average molecular weight is 480 g/mol. The number of ether oxygens (including phenoxy) is 1. The van der Waals surface area contributed by atoms with Gasteiger partial charge in [0.2, 0.25) is 5.91 Å². The van der Waals surface area contributed by atoms with Crippen LogP contribution in [0, 0.1) is 0 Å². The molecule has 156 valence electrons. The van der Waals surface area contributed by atoms with E-state index in [1.165, 1.54) is 11.3 Å². The normalized spacial score (nSPS) is 15.0. The minimum atomic E-state index is 0.0713. The van der Waals surface area contributed by atoms with Gasteiger partial charge in [0, 0.05) is 43.1 Å². The molecule has 0 saturated carbocycles. The topological polar surface area (TPSA) is 53.1 Å². The van der Waals surface area contributed by atoms with E-state index in [0.29, 0.717) is 32.8 Å². The molecule has 8 heteroatoms. The van der Waals surface area contributed by atoms with Crippen molar-refractivity contribution in [2.24, 2.45) is 0 Å². The number of hydrogen-bond donors (Lipinski definition) is 0. The minimum absolute atomic E-state index is 0.0713. The highest BCUT2D eigenvalue weighted by Gasteiger charge is 2.22. The van der Waals surface area contributed by atoms with Crippen molar-refractivity contribution in [3.8, 4) is 5.75 Å². The molecule has 6 nitrogen and oxygen atoms in total. The van der Waals surface area contributed by atoms with Crippen LogP contribution in [0.4, 0.5) is 0 Å². The van der Waals surface area contributed by atoms with Gasteiger partial charge in [0.25, 0.3) is 5.91 Å². The number of rotatable bonds is 7. The van der Waals surface area contributed by atoms with Gasteiger partial charge >= 0.3 is 0 Å². The Morgan fingerprint density at radius 2 is 1.93 bits per heavy atom. The number of nitrogens with zero attached hydrogens (tertiary/aromatic N) is 3. The molecule has 1 aliphatic heterocycles. The summed E-state index contributed by atoms with van der Waals surface area (Å²) in [5, 5.41) is 3.81. The molecule has 1 aliphatic rings. The summed E-state index contributed by atoms with van der Waals surface area (Å²) in [6.45, 7) is 4.27. The van der Waals surface area contributed by atoms with Crippen LogP contribution in [0.15, 0.2) is 45.6 Å². The first-order valence-corrected chi connectivity index (χ1v) is 11.4. The third-order valence-electron chi connectivity index (χ3n) is 4.94. The summed E-state index contributed by atoms with van der Waals surface area (Å²) < 4.78 is 6.70. The van der Waals surface area contributed by atoms with E-state index in [4.69, 9.17) is 4.74 Å². The molecule has 2 amide bonds. The second-order valence-electron chi connectivity index (χ2n) is 7.05. The maximum atomic E-state index is 12.6. The molecule has 1 aromatic carbocycles. The number of hydrogen-bond acceptors (Lipinski definition) is 5. The summed E-state index contributed by atoms with van der Waals surface area (Å²) in [6, 6.07) is 9.51. The Labute approximate surface area is 184 Å². The molecule has 2 aromatic rings. The molecule has 2 heterocycles. The molecular formula is C21H26BrN3O3S. The van der Waals surface area contributed by atoms with Crippen molar-refractivity contribution in [1.82, 2.24) is 14.7 Å². The summed E-state index contributed by atoms with van der Waals surface area (Å²) >= 11 is 4.93. The van der Waals surface area contributed by atoms with Crippen LogP contribution in [-0.4, -0.2) is 79.4 Å². The zero-order valence-electron chi connectivity index (χ0n) is 16.6. The smallest absolute Gasteiger partial charge is 0.254 e. The van der Waals surface area contributed by atoms with Gasteiger partial charge in [0.1, 0.15) is 12.4 Å². The fourth-order valence-corrected chi connectivity index (χ4v) is 4.06. The lowest BCUT2D eigenvalue weighted by molar-refractivity contribution is -0.131. The quantitative estimate of drug-likeness (QED) is 0.611. The molecule has 0 unspecified atom stereocenters. The highest BCUT2D eigenvalue weighted by molar-refractivity contribution is 9.10. The third kappa shape index (κ3) is 6.55. The second-order valence-corrected chi connectivity index (χ2v) is 8.75. The molecule has 0 bridgehead atoms. The zero-order valence-corrected chi connectivity index (χ0v) is 19.0. The average Bonchev–Trinajstić information content (AvgIpc) is 3.16. The molecular weight excluding hydrogens is 454 g/mol. The number of carbonyl (C=O) groups is 2. The summed E-state index contributed by atoms with van der Waals surface area (Å²) in [7, 11) is 1.80. The number of amides is 2. The third-order valence-corrected chi connectivity index (χ3v) is 6.15. The van der Waals surface area contributed by atoms with Gasteiger partial charge in [-0.3, -0.25) is 14.5 Å². The minimum Gasteiger partial charge on any atom is -0.492 e. The van der Waals surface area contributed by atoms with E-state index in [9.17, 15) is 9.59 Å². The number of likely N-dealkylation sites (N-methyl/N-ethyl adjacent to an activating group) is 1. The Morgan fingerprint density at radius 1 is 1.14 bits per heavy atom. The second kappa shape index (κ2) is 10.8. The van der Waals surface area contributed by atoms with Crippen molar-refractivity contribution in [3.63, 3.8) is 0 Å². The Kier molecular flexibility index (Phi) is 8.09. The maximum absolute atomic E-state index is 12.6. The molecule has 29 heavy (non-hydrogen) atoms. The predicted octanol–water partition coefficient (Wildman–Crippen LogP) is 3.20. The van der Waals surface area contributed by atoms with Crippen molar-refractivity contribution in [1.29, 1.82) is 0 Å². The van der Waals surface area contributed by atoms with Crippen molar-refractivity contribution in [2.75, 3.05) is 52.9 Å².